The molecule has 1 aromatic carbocycles. The van der Waals surface area contributed by atoms with Crippen LogP contribution >= 0.6 is 15.9 Å². The minimum atomic E-state index is -0.699. The SMILES string of the molecule is COc1cc(C#N)cc(C(=O)CBr)c1[N+](=O)[O-]. The van der Waals surface area contributed by atoms with Crippen molar-refractivity contribution in [2.24, 2.45) is 0 Å². The van der Waals surface area contributed by atoms with Gasteiger partial charge in [-0.25, -0.2) is 0 Å². The van der Waals surface area contributed by atoms with Crippen LogP contribution in [0.2, 0.25) is 0 Å². The molecule has 0 radical (unpaired) electrons. The number of hydrogen-bond donors (Lipinski definition) is 0. The third kappa shape index (κ3) is 2.60. The molecule has 0 aliphatic rings. The van der Waals surface area contributed by atoms with E-state index in [1.165, 1.54) is 19.2 Å². The maximum atomic E-state index is 11.6. The number of nitro benzene ring substituents is 1. The summed E-state index contributed by atoms with van der Waals surface area (Å²) in [4.78, 5) is 21.8. The summed E-state index contributed by atoms with van der Waals surface area (Å²) in [6.45, 7) is 0. The van der Waals surface area contributed by atoms with E-state index in [9.17, 15) is 14.9 Å². The van der Waals surface area contributed by atoms with Crippen LogP contribution in [0.3, 0.4) is 0 Å². The Morgan fingerprint density at radius 2 is 2.29 bits per heavy atom. The third-order valence-corrected chi connectivity index (χ3v) is 2.54. The fraction of sp³-hybridized carbons (Fsp3) is 0.200. The highest BCUT2D eigenvalue weighted by molar-refractivity contribution is 9.09. The van der Waals surface area contributed by atoms with Crippen molar-refractivity contribution in [2.45, 2.75) is 0 Å². The molecule has 0 atom stereocenters. The lowest BCUT2D eigenvalue weighted by molar-refractivity contribution is -0.386. The maximum absolute atomic E-state index is 11.6. The molecule has 0 spiro atoms. The van der Waals surface area contributed by atoms with Gasteiger partial charge in [0.1, 0.15) is 5.56 Å². The Hall–Kier alpha value is -1.94. The summed E-state index contributed by atoms with van der Waals surface area (Å²) in [6, 6.07) is 4.23. The molecule has 6 nitrogen and oxygen atoms in total. The minimum Gasteiger partial charge on any atom is -0.490 e. The van der Waals surface area contributed by atoms with E-state index in [4.69, 9.17) is 10.00 Å². The van der Waals surface area contributed by atoms with Crippen molar-refractivity contribution in [2.75, 3.05) is 12.4 Å². The number of hydrogen-bond acceptors (Lipinski definition) is 5. The molecular weight excluding hydrogens is 292 g/mol. The number of nitriles is 1. The third-order valence-electron chi connectivity index (χ3n) is 2.03. The molecule has 0 saturated heterocycles. The molecule has 0 saturated carbocycles. The summed E-state index contributed by atoms with van der Waals surface area (Å²) in [5.41, 5.74) is -0.421. The maximum Gasteiger partial charge on any atom is 0.321 e. The van der Waals surface area contributed by atoms with Crippen LogP contribution in [0.1, 0.15) is 15.9 Å². The van der Waals surface area contributed by atoms with Gasteiger partial charge in [-0.15, -0.1) is 0 Å². The summed E-state index contributed by atoms with van der Waals surface area (Å²) in [7, 11) is 1.24. The Balaban J connectivity index is 3.59. The van der Waals surface area contributed by atoms with Gasteiger partial charge in [-0.05, 0) is 6.07 Å². The van der Waals surface area contributed by atoms with Crippen molar-refractivity contribution in [1.29, 1.82) is 5.26 Å². The quantitative estimate of drug-likeness (QED) is 0.367. The van der Waals surface area contributed by atoms with Crippen LogP contribution in [0, 0.1) is 21.4 Å². The molecule has 1 aromatic rings. The number of halogens is 1. The number of methoxy groups -OCH3 is 1. The van der Waals surface area contributed by atoms with Crippen LogP contribution in [0.5, 0.6) is 5.75 Å². The lowest BCUT2D eigenvalue weighted by atomic mass is 10.1. The van der Waals surface area contributed by atoms with Gasteiger partial charge in [0.15, 0.2) is 11.5 Å². The van der Waals surface area contributed by atoms with Crippen LogP contribution < -0.4 is 4.74 Å². The van der Waals surface area contributed by atoms with E-state index in [-0.39, 0.29) is 22.2 Å². The van der Waals surface area contributed by atoms with Gasteiger partial charge < -0.3 is 4.74 Å². The van der Waals surface area contributed by atoms with Crippen molar-refractivity contribution >= 4 is 27.4 Å². The molecule has 0 N–H and O–H groups in total. The molecule has 7 heteroatoms. The number of ketones is 1. The smallest absolute Gasteiger partial charge is 0.321 e. The fourth-order valence-corrected chi connectivity index (χ4v) is 1.60. The molecule has 1 rings (SSSR count). The van der Waals surface area contributed by atoms with Crippen LogP contribution in [-0.4, -0.2) is 23.1 Å². The largest absolute Gasteiger partial charge is 0.490 e. The first-order chi connectivity index (χ1) is 8.04. The number of nitrogens with zero attached hydrogens (tertiary/aromatic N) is 2. The molecule has 0 aliphatic carbocycles. The first kappa shape index (κ1) is 13.1. The highest BCUT2D eigenvalue weighted by atomic mass is 79.9. The zero-order valence-corrected chi connectivity index (χ0v) is 10.4. The molecule has 0 heterocycles. The number of nitro groups is 1. The molecule has 17 heavy (non-hydrogen) atoms. The van der Waals surface area contributed by atoms with E-state index < -0.39 is 16.4 Å². The number of benzene rings is 1. The summed E-state index contributed by atoms with van der Waals surface area (Å²) in [6.07, 6.45) is 0. The lowest BCUT2D eigenvalue weighted by Crippen LogP contribution is -2.07. The van der Waals surface area contributed by atoms with E-state index in [1.54, 1.807) is 0 Å². The topological polar surface area (TPSA) is 93.2 Å². The molecule has 0 unspecified atom stereocenters. The molecule has 0 amide bonds. The zero-order valence-electron chi connectivity index (χ0n) is 8.77. The molecule has 0 bridgehead atoms. The second-order valence-electron chi connectivity index (χ2n) is 3.00. The normalized spacial score (nSPS) is 9.47. The Morgan fingerprint density at radius 1 is 1.65 bits per heavy atom. The van der Waals surface area contributed by atoms with Gasteiger partial charge in [0.05, 0.1) is 29.0 Å². The van der Waals surface area contributed by atoms with Gasteiger partial charge in [0.25, 0.3) is 0 Å². The number of Topliss-reactive ketones (excluding diaryl/α,β-unsaturated/α-hetero) is 1. The highest BCUT2D eigenvalue weighted by Gasteiger charge is 2.26. The van der Waals surface area contributed by atoms with E-state index in [1.807, 2.05) is 6.07 Å². The van der Waals surface area contributed by atoms with E-state index in [0.29, 0.717) is 0 Å². The van der Waals surface area contributed by atoms with E-state index in [2.05, 4.69) is 15.9 Å². The molecule has 88 valence electrons. The van der Waals surface area contributed by atoms with Crippen molar-refractivity contribution < 1.29 is 14.5 Å². The number of ether oxygens (including phenoxy) is 1. The Morgan fingerprint density at radius 3 is 2.71 bits per heavy atom. The van der Waals surface area contributed by atoms with Gasteiger partial charge in [-0.1, -0.05) is 15.9 Å². The average Bonchev–Trinajstić information content (AvgIpc) is 2.35. The number of carbonyl (C=O) groups excluding carboxylic acids is 1. The van der Waals surface area contributed by atoms with E-state index in [0.717, 1.165) is 0 Å². The second-order valence-corrected chi connectivity index (χ2v) is 3.56. The Bertz CT molecular complexity index is 522. The van der Waals surface area contributed by atoms with Crippen molar-refractivity contribution in [3.8, 4) is 11.8 Å². The summed E-state index contributed by atoms with van der Waals surface area (Å²) in [5, 5.41) is 19.6. The van der Waals surface area contributed by atoms with E-state index >= 15 is 0 Å². The average molecular weight is 299 g/mol. The minimum absolute atomic E-state index is 0.0636. The van der Waals surface area contributed by atoms with Crippen LogP contribution in [0.4, 0.5) is 5.69 Å². The number of rotatable bonds is 4. The zero-order chi connectivity index (χ0) is 13.0. The highest BCUT2D eigenvalue weighted by Crippen LogP contribution is 2.32. The molecule has 0 fully saturated rings. The van der Waals surface area contributed by atoms with Gasteiger partial charge in [0, 0.05) is 6.07 Å². The molecule has 0 aliphatic heterocycles. The first-order valence-electron chi connectivity index (χ1n) is 4.40. The first-order valence-corrected chi connectivity index (χ1v) is 5.53. The Labute approximate surface area is 105 Å². The van der Waals surface area contributed by atoms with Gasteiger partial charge in [-0.2, -0.15) is 5.26 Å². The Kier molecular flexibility index (Phi) is 4.17. The summed E-state index contributed by atoms with van der Waals surface area (Å²) >= 11 is 2.93. The van der Waals surface area contributed by atoms with Crippen molar-refractivity contribution in [3.63, 3.8) is 0 Å². The van der Waals surface area contributed by atoms with Crippen LogP contribution in [-0.2, 0) is 0 Å². The standard InChI is InChI=1S/C10H7BrN2O4/c1-17-9-3-6(5-12)2-7(8(14)4-11)10(9)13(15)16/h2-3H,4H2,1H3. The molecule has 0 aromatic heterocycles. The molecular formula is C10H7BrN2O4. The van der Waals surface area contributed by atoms with Gasteiger partial charge >= 0.3 is 5.69 Å². The number of alkyl halides is 1. The predicted octanol–water partition coefficient (Wildman–Crippen LogP) is 2.05. The summed E-state index contributed by atoms with van der Waals surface area (Å²) < 4.78 is 4.82. The second kappa shape index (κ2) is 5.41. The monoisotopic (exact) mass is 298 g/mol. The number of carbonyl (C=O) groups is 1. The van der Waals surface area contributed by atoms with Gasteiger partial charge in [-0.3, -0.25) is 14.9 Å². The van der Waals surface area contributed by atoms with Crippen LogP contribution in [0.25, 0.3) is 0 Å². The predicted molar refractivity (Wildman–Crippen MR) is 62.5 cm³/mol. The van der Waals surface area contributed by atoms with Crippen LogP contribution in [0.15, 0.2) is 12.1 Å². The summed E-state index contributed by atoms with van der Waals surface area (Å²) in [5.74, 6) is -0.578. The van der Waals surface area contributed by atoms with Crippen molar-refractivity contribution in [1.82, 2.24) is 0 Å². The van der Waals surface area contributed by atoms with Crippen molar-refractivity contribution in [3.05, 3.63) is 33.4 Å². The fourth-order valence-electron chi connectivity index (χ4n) is 1.30. The van der Waals surface area contributed by atoms with Gasteiger partial charge in [0.2, 0.25) is 0 Å². The lowest BCUT2D eigenvalue weighted by Gasteiger charge is -2.06.